The summed E-state index contributed by atoms with van der Waals surface area (Å²) in [4.78, 5) is 0. The van der Waals surface area contributed by atoms with Gasteiger partial charge in [-0.1, -0.05) is 31.9 Å². The molecule has 1 aromatic rings. The van der Waals surface area contributed by atoms with Gasteiger partial charge in [0, 0.05) is 12.1 Å². The first-order valence-electron chi connectivity index (χ1n) is 8.12. The third-order valence-electron chi connectivity index (χ3n) is 4.38. The van der Waals surface area contributed by atoms with Crippen LogP contribution in [0.1, 0.15) is 65.0 Å². The van der Waals surface area contributed by atoms with Gasteiger partial charge in [-0.05, 0) is 57.2 Å². The molecule has 0 bridgehead atoms. The lowest BCUT2D eigenvalue weighted by Gasteiger charge is -2.25. The van der Waals surface area contributed by atoms with Crippen molar-refractivity contribution in [2.24, 2.45) is 5.92 Å². The Morgan fingerprint density at radius 2 is 2.05 bits per heavy atom. The van der Waals surface area contributed by atoms with Crippen molar-refractivity contribution < 1.29 is 4.74 Å². The van der Waals surface area contributed by atoms with Gasteiger partial charge >= 0.3 is 0 Å². The third-order valence-corrected chi connectivity index (χ3v) is 4.38. The molecule has 1 aliphatic rings. The van der Waals surface area contributed by atoms with Crippen molar-refractivity contribution in [2.45, 2.75) is 71.6 Å². The van der Waals surface area contributed by atoms with Crippen molar-refractivity contribution >= 4 is 0 Å². The highest BCUT2D eigenvalue weighted by Crippen LogP contribution is 2.30. The van der Waals surface area contributed by atoms with E-state index in [1.807, 2.05) is 6.07 Å². The summed E-state index contributed by atoms with van der Waals surface area (Å²) in [7, 11) is 0. The molecule has 1 saturated carbocycles. The lowest BCUT2D eigenvalue weighted by atomic mass is 9.98. The smallest absolute Gasteiger partial charge is 0.120 e. The average molecular weight is 275 g/mol. The molecule has 2 rings (SSSR count). The Labute approximate surface area is 123 Å². The molecule has 3 atom stereocenters. The van der Waals surface area contributed by atoms with Crippen LogP contribution < -0.4 is 10.1 Å². The van der Waals surface area contributed by atoms with Crippen molar-refractivity contribution in [1.29, 1.82) is 0 Å². The topological polar surface area (TPSA) is 21.3 Å². The summed E-state index contributed by atoms with van der Waals surface area (Å²) in [6, 6.07) is 9.58. The molecule has 2 heteroatoms. The molecular weight excluding hydrogens is 246 g/mol. The first kappa shape index (κ1) is 15.4. The number of hydrogen-bond donors (Lipinski definition) is 1. The number of benzene rings is 1. The lowest BCUT2D eigenvalue weighted by molar-refractivity contribution is 0.242. The van der Waals surface area contributed by atoms with Crippen LogP contribution in [0.25, 0.3) is 0 Å². The Balaban J connectivity index is 1.99. The fourth-order valence-electron chi connectivity index (χ4n) is 3.29. The normalized spacial score (nSPS) is 24.1. The van der Waals surface area contributed by atoms with Gasteiger partial charge in [0.05, 0.1) is 6.10 Å². The molecule has 1 aromatic carbocycles. The molecule has 0 heterocycles. The van der Waals surface area contributed by atoms with Gasteiger partial charge in [-0.15, -0.1) is 0 Å². The molecule has 0 amide bonds. The highest BCUT2D eigenvalue weighted by atomic mass is 16.5. The molecule has 0 spiro atoms. The first-order chi connectivity index (χ1) is 9.60. The maximum atomic E-state index is 5.79. The highest BCUT2D eigenvalue weighted by Gasteiger charge is 2.26. The summed E-state index contributed by atoms with van der Waals surface area (Å²) in [5, 5.41) is 3.82. The molecule has 2 nitrogen and oxygen atoms in total. The Bertz CT molecular complexity index is 416. The standard InChI is InChI=1S/C18H29NO/c1-5-15-8-7-11-18(15)19-14(4)16-9-6-10-17(12-16)20-13(2)3/h6,9-10,12-15,18-19H,5,7-8,11H2,1-4H3. The van der Waals surface area contributed by atoms with E-state index in [-0.39, 0.29) is 6.10 Å². The lowest BCUT2D eigenvalue weighted by Crippen LogP contribution is -2.34. The van der Waals surface area contributed by atoms with Gasteiger partial charge in [-0.25, -0.2) is 0 Å². The quantitative estimate of drug-likeness (QED) is 0.812. The number of rotatable bonds is 6. The molecule has 112 valence electrons. The Hall–Kier alpha value is -1.02. The van der Waals surface area contributed by atoms with Crippen LogP contribution in [-0.4, -0.2) is 12.1 Å². The van der Waals surface area contributed by atoms with Gasteiger partial charge in [0.2, 0.25) is 0 Å². The number of ether oxygens (including phenoxy) is 1. The molecule has 0 saturated heterocycles. The van der Waals surface area contributed by atoms with Crippen LogP contribution in [0, 0.1) is 5.92 Å². The second-order valence-electron chi connectivity index (χ2n) is 6.33. The molecular formula is C18H29NO. The van der Waals surface area contributed by atoms with Crippen molar-refractivity contribution in [2.75, 3.05) is 0 Å². The Kier molecular flexibility index (Phi) is 5.47. The van der Waals surface area contributed by atoms with E-state index in [4.69, 9.17) is 4.74 Å². The summed E-state index contributed by atoms with van der Waals surface area (Å²) < 4.78 is 5.79. The fourth-order valence-corrected chi connectivity index (χ4v) is 3.29. The van der Waals surface area contributed by atoms with Crippen molar-refractivity contribution in [3.05, 3.63) is 29.8 Å². The monoisotopic (exact) mass is 275 g/mol. The van der Waals surface area contributed by atoms with Gasteiger partial charge in [-0.2, -0.15) is 0 Å². The second kappa shape index (κ2) is 7.12. The van der Waals surface area contributed by atoms with E-state index < -0.39 is 0 Å². The van der Waals surface area contributed by atoms with Gasteiger partial charge < -0.3 is 10.1 Å². The van der Waals surface area contributed by atoms with Gasteiger partial charge in [-0.3, -0.25) is 0 Å². The van der Waals surface area contributed by atoms with E-state index in [2.05, 4.69) is 51.2 Å². The SMILES string of the molecule is CCC1CCCC1NC(C)c1cccc(OC(C)C)c1. The van der Waals surface area contributed by atoms with Gasteiger partial charge in [0.15, 0.2) is 0 Å². The summed E-state index contributed by atoms with van der Waals surface area (Å²) in [5.41, 5.74) is 1.32. The summed E-state index contributed by atoms with van der Waals surface area (Å²) >= 11 is 0. The minimum atomic E-state index is 0.229. The second-order valence-corrected chi connectivity index (χ2v) is 6.33. The predicted octanol–water partition coefficient (Wildman–Crippen LogP) is 4.70. The zero-order chi connectivity index (χ0) is 14.5. The maximum Gasteiger partial charge on any atom is 0.120 e. The Morgan fingerprint density at radius 1 is 1.25 bits per heavy atom. The van der Waals surface area contributed by atoms with Crippen molar-refractivity contribution in [3.63, 3.8) is 0 Å². The highest BCUT2D eigenvalue weighted by molar-refractivity contribution is 5.30. The van der Waals surface area contributed by atoms with Crippen LogP contribution in [0.4, 0.5) is 0 Å². The fraction of sp³-hybridized carbons (Fsp3) is 0.667. The minimum absolute atomic E-state index is 0.229. The van der Waals surface area contributed by atoms with E-state index >= 15 is 0 Å². The first-order valence-corrected chi connectivity index (χ1v) is 8.12. The van der Waals surface area contributed by atoms with Crippen LogP contribution >= 0.6 is 0 Å². The molecule has 3 unspecified atom stereocenters. The summed E-state index contributed by atoms with van der Waals surface area (Å²) in [6.07, 6.45) is 5.61. The van der Waals surface area contributed by atoms with E-state index in [1.165, 1.54) is 31.2 Å². The van der Waals surface area contributed by atoms with Crippen LogP contribution in [0.2, 0.25) is 0 Å². The Morgan fingerprint density at radius 3 is 2.75 bits per heavy atom. The predicted molar refractivity (Wildman–Crippen MR) is 85.2 cm³/mol. The summed E-state index contributed by atoms with van der Waals surface area (Å²) in [6.45, 7) is 8.71. The molecule has 20 heavy (non-hydrogen) atoms. The van der Waals surface area contributed by atoms with E-state index in [1.54, 1.807) is 0 Å². The van der Waals surface area contributed by atoms with Crippen molar-refractivity contribution in [1.82, 2.24) is 5.32 Å². The van der Waals surface area contributed by atoms with Crippen LogP contribution in [-0.2, 0) is 0 Å². The number of nitrogens with one attached hydrogen (secondary N) is 1. The molecule has 0 aromatic heterocycles. The van der Waals surface area contributed by atoms with Gasteiger partial charge in [0.25, 0.3) is 0 Å². The molecule has 0 aliphatic heterocycles. The zero-order valence-corrected chi connectivity index (χ0v) is 13.4. The molecule has 1 fully saturated rings. The van der Waals surface area contributed by atoms with Crippen molar-refractivity contribution in [3.8, 4) is 5.75 Å². The zero-order valence-electron chi connectivity index (χ0n) is 13.4. The van der Waals surface area contributed by atoms with E-state index in [9.17, 15) is 0 Å². The average Bonchev–Trinajstić information content (AvgIpc) is 2.85. The van der Waals surface area contributed by atoms with Crippen LogP contribution in [0.3, 0.4) is 0 Å². The van der Waals surface area contributed by atoms with Gasteiger partial charge in [0.1, 0.15) is 5.75 Å². The third kappa shape index (κ3) is 3.99. The van der Waals surface area contributed by atoms with E-state index in [0.29, 0.717) is 12.1 Å². The van der Waals surface area contributed by atoms with E-state index in [0.717, 1.165) is 11.7 Å². The summed E-state index contributed by atoms with van der Waals surface area (Å²) in [5.74, 6) is 1.83. The number of hydrogen-bond acceptors (Lipinski definition) is 2. The van der Waals surface area contributed by atoms with Crippen LogP contribution in [0.15, 0.2) is 24.3 Å². The molecule has 0 radical (unpaired) electrons. The maximum absolute atomic E-state index is 5.79. The molecule has 1 N–H and O–H groups in total. The molecule has 1 aliphatic carbocycles. The van der Waals surface area contributed by atoms with Crippen LogP contribution in [0.5, 0.6) is 5.75 Å². The largest absolute Gasteiger partial charge is 0.491 e. The minimum Gasteiger partial charge on any atom is -0.491 e.